The Bertz CT molecular complexity index is 812. The van der Waals surface area contributed by atoms with E-state index >= 15 is 0 Å². The number of nitrogens with zero attached hydrogens (tertiary/aromatic N) is 2. The number of carbonyl (C=O) groups excluding carboxylic acids is 1. The van der Waals surface area contributed by atoms with E-state index in [2.05, 4.69) is 24.9 Å². The van der Waals surface area contributed by atoms with Crippen molar-refractivity contribution in [3.63, 3.8) is 0 Å². The molecule has 1 aliphatic heterocycles. The first-order valence-electron chi connectivity index (χ1n) is 8.47. The van der Waals surface area contributed by atoms with Crippen LogP contribution in [0.5, 0.6) is 0 Å². The average molecular weight is 328 g/mol. The summed E-state index contributed by atoms with van der Waals surface area (Å²) in [6.45, 7) is 3.48. The molecular formula is C19H24N2O3. The Kier molecular flexibility index (Phi) is 4.71. The topological polar surface area (TPSA) is 53.8 Å². The molecule has 5 nitrogen and oxygen atoms in total. The van der Waals surface area contributed by atoms with Crippen LogP contribution < -0.4 is 5.63 Å². The molecule has 2 heterocycles. The van der Waals surface area contributed by atoms with E-state index in [1.165, 1.54) is 0 Å². The molecule has 2 aromatic rings. The summed E-state index contributed by atoms with van der Waals surface area (Å²) in [5.41, 5.74) is 2.48. The number of hydrogen-bond donors (Lipinski definition) is 0. The zero-order valence-corrected chi connectivity index (χ0v) is 14.5. The molecule has 24 heavy (non-hydrogen) atoms. The quantitative estimate of drug-likeness (QED) is 0.809. The molecule has 5 heteroatoms. The molecule has 0 aliphatic carbocycles. The minimum atomic E-state index is -0.310. The van der Waals surface area contributed by atoms with Gasteiger partial charge in [-0.05, 0) is 37.1 Å². The maximum Gasteiger partial charge on any atom is 0.336 e. The summed E-state index contributed by atoms with van der Waals surface area (Å²) in [7, 11) is 3.90. The second-order valence-electron chi connectivity index (χ2n) is 6.66. The lowest BCUT2D eigenvalue weighted by Crippen LogP contribution is -2.47. The summed E-state index contributed by atoms with van der Waals surface area (Å²) in [5, 5.41) is 0.985. The monoisotopic (exact) mass is 328 g/mol. The third-order valence-electron chi connectivity index (χ3n) is 4.95. The molecule has 3 rings (SSSR count). The summed E-state index contributed by atoms with van der Waals surface area (Å²) >= 11 is 0. The van der Waals surface area contributed by atoms with Crippen LogP contribution >= 0.6 is 0 Å². The van der Waals surface area contributed by atoms with Crippen LogP contribution in [-0.2, 0) is 17.8 Å². The van der Waals surface area contributed by atoms with Crippen molar-refractivity contribution in [2.24, 2.45) is 0 Å². The van der Waals surface area contributed by atoms with Crippen LogP contribution in [0.1, 0.15) is 30.9 Å². The van der Waals surface area contributed by atoms with Gasteiger partial charge in [0.15, 0.2) is 0 Å². The number of benzene rings is 1. The number of piperidine rings is 1. The second-order valence-corrected chi connectivity index (χ2v) is 6.66. The number of aryl methyl sites for hydroxylation is 1. The third kappa shape index (κ3) is 3.36. The van der Waals surface area contributed by atoms with Gasteiger partial charge in [0, 0.05) is 44.1 Å². The smallest absolute Gasteiger partial charge is 0.336 e. The van der Waals surface area contributed by atoms with Gasteiger partial charge in [0.25, 0.3) is 0 Å². The molecule has 1 saturated heterocycles. The predicted molar refractivity (Wildman–Crippen MR) is 94.0 cm³/mol. The molecule has 1 aromatic heterocycles. The zero-order chi connectivity index (χ0) is 17.3. The Morgan fingerprint density at radius 2 is 2.08 bits per heavy atom. The van der Waals surface area contributed by atoms with Gasteiger partial charge >= 0.3 is 5.63 Å². The Morgan fingerprint density at radius 3 is 2.79 bits per heavy atom. The number of likely N-dealkylation sites (N-methyl/N-ethyl adjacent to an activating group) is 2. The molecular weight excluding hydrogens is 304 g/mol. The number of rotatable bonds is 4. The van der Waals surface area contributed by atoms with E-state index in [9.17, 15) is 9.59 Å². The van der Waals surface area contributed by atoms with Gasteiger partial charge in [0.05, 0.1) is 0 Å². The van der Waals surface area contributed by atoms with Crippen molar-refractivity contribution < 1.29 is 9.21 Å². The molecule has 1 fully saturated rings. The normalized spacial score (nSPS) is 18.6. The standard InChI is InChI=1S/C19H24N2O3/c1-4-13-5-7-16-14(10-19(23)24-17(16)9-13)11-20(2)15-6-8-18(22)21(3)12-15/h5,7,9-10,15H,4,6,8,11-12H2,1-3H3. The summed E-state index contributed by atoms with van der Waals surface area (Å²) in [5.74, 6) is 0.206. The molecule has 1 aromatic carbocycles. The van der Waals surface area contributed by atoms with Crippen molar-refractivity contribution in [3.05, 3.63) is 45.8 Å². The number of likely N-dealkylation sites (tertiary alicyclic amines) is 1. The molecule has 128 valence electrons. The fraction of sp³-hybridized carbons (Fsp3) is 0.474. The molecule has 0 saturated carbocycles. The van der Waals surface area contributed by atoms with E-state index in [-0.39, 0.29) is 11.5 Å². The van der Waals surface area contributed by atoms with Gasteiger partial charge in [-0.25, -0.2) is 4.79 Å². The molecule has 1 amide bonds. The number of hydrogen-bond acceptors (Lipinski definition) is 4. The molecule has 1 atom stereocenters. The van der Waals surface area contributed by atoms with Crippen LogP contribution in [0.3, 0.4) is 0 Å². The highest BCUT2D eigenvalue weighted by atomic mass is 16.4. The summed E-state index contributed by atoms with van der Waals surface area (Å²) < 4.78 is 5.38. The summed E-state index contributed by atoms with van der Waals surface area (Å²) in [6, 6.07) is 7.97. The minimum Gasteiger partial charge on any atom is -0.423 e. The van der Waals surface area contributed by atoms with Gasteiger partial charge in [0.2, 0.25) is 5.91 Å². The van der Waals surface area contributed by atoms with Crippen LogP contribution in [0.2, 0.25) is 0 Å². The van der Waals surface area contributed by atoms with E-state index in [1.54, 1.807) is 11.0 Å². The van der Waals surface area contributed by atoms with Gasteiger partial charge < -0.3 is 9.32 Å². The average Bonchev–Trinajstić information content (AvgIpc) is 2.56. The van der Waals surface area contributed by atoms with E-state index in [1.807, 2.05) is 19.2 Å². The van der Waals surface area contributed by atoms with Crippen LogP contribution in [0.15, 0.2) is 33.5 Å². The summed E-state index contributed by atoms with van der Waals surface area (Å²) in [6.07, 6.45) is 2.36. The van der Waals surface area contributed by atoms with Crippen molar-refractivity contribution in [2.45, 2.75) is 38.8 Å². The first-order chi connectivity index (χ1) is 11.5. The lowest BCUT2D eigenvalue weighted by Gasteiger charge is -2.35. The number of amides is 1. The van der Waals surface area contributed by atoms with Crippen molar-refractivity contribution in [3.8, 4) is 0 Å². The fourth-order valence-electron chi connectivity index (χ4n) is 3.37. The van der Waals surface area contributed by atoms with Crippen LogP contribution in [0.4, 0.5) is 0 Å². The highest BCUT2D eigenvalue weighted by molar-refractivity contribution is 5.80. The first-order valence-corrected chi connectivity index (χ1v) is 8.47. The Morgan fingerprint density at radius 1 is 1.29 bits per heavy atom. The van der Waals surface area contributed by atoms with Crippen LogP contribution in [0.25, 0.3) is 11.0 Å². The highest BCUT2D eigenvalue weighted by Crippen LogP contribution is 2.22. The number of fused-ring (bicyclic) bond motifs is 1. The van der Waals surface area contributed by atoms with Crippen molar-refractivity contribution >= 4 is 16.9 Å². The molecule has 0 radical (unpaired) electrons. The van der Waals surface area contributed by atoms with E-state index in [4.69, 9.17) is 4.42 Å². The highest BCUT2D eigenvalue weighted by Gasteiger charge is 2.26. The van der Waals surface area contributed by atoms with Crippen molar-refractivity contribution in [1.29, 1.82) is 0 Å². The van der Waals surface area contributed by atoms with Gasteiger partial charge in [-0.1, -0.05) is 19.1 Å². The van der Waals surface area contributed by atoms with Gasteiger partial charge in [-0.3, -0.25) is 9.69 Å². The van der Waals surface area contributed by atoms with E-state index in [0.717, 1.165) is 35.9 Å². The van der Waals surface area contributed by atoms with Gasteiger partial charge in [0.1, 0.15) is 5.58 Å². The maximum absolute atomic E-state index is 11.9. The van der Waals surface area contributed by atoms with E-state index in [0.29, 0.717) is 24.6 Å². The maximum atomic E-state index is 11.9. The predicted octanol–water partition coefficient (Wildman–Crippen LogP) is 2.41. The molecule has 0 bridgehead atoms. The zero-order valence-electron chi connectivity index (χ0n) is 14.5. The SMILES string of the molecule is CCc1ccc2c(CN(C)C3CCC(=O)N(C)C3)cc(=O)oc2c1. The summed E-state index contributed by atoms with van der Waals surface area (Å²) in [4.78, 5) is 27.6. The Hall–Kier alpha value is -2.14. The van der Waals surface area contributed by atoms with Crippen molar-refractivity contribution in [2.75, 3.05) is 20.6 Å². The van der Waals surface area contributed by atoms with E-state index < -0.39 is 0 Å². The lowest BCUT2D eigenvalue weighted by atomic mass is 10.0. The third-order valence-corrected chi connectivity index (χ3v) is 4.95. The molecule has 1 aliphatic rings. The van der Waals surface area contributed by atoms with Crippen molar-refractivity contribution in [1.82, 2.24) is 9.80 Å². The fourth-order valence-corrected chi connectivity index (χ4v) is 3.37. The van der Waals surface area contributed by atoms with Gasteiger partial charge in [-0.2, -0.15) is 0 Å². The molecule has 1 unspecified atom stereocenters. The van der Waals surface area contributed by atoms with Crippen LogP contribution in [-0.4, -0.2) is 42.4 Å². The van der Waals surface area contributed by atoms with Gasteiger partial charge in [-0.15, -0.1) is 0 Å². The molecule has 0 N–H and O–H groups in total. The van der Waals surface area contributed by atoms with Crippen LogP contribution in [0, 0.1) is 0 Å². The first kappa shape index (κ1) is 16.7. The number of carbonyl (C=O) groups is 1. The Balaban J connectivity index is 1.86. The second kappa shape index (κ2) is 6.77. The lowest BCUT2D eigenvalue weighted by molar-refractivity contribution is -0.133. The largest absolute Gasteiger partial charge is 0.423 e. The Labute approximate surface area is 141 Å². The molecule has 0 spiro atoms. The minimum absolute atomic E-state index is 0.206.